The van der Waals surface area contributed by atoms with Crippen LogP contribution in [0, 0.1) is 11.3 Å². The molecule has 4 heteroatoms. The number of thiophene rings is 1. The van der Waals surface area contributed by atoms with Crippen molar-refractivity contribution in [2.24, 2.45) is 11.3 Å². The maximum atomic E-state index is 5.60. The molecule has 1 fully saturated rings. The van der Waals surface area contributed by atoms with E-state index in [1.807, 2.05) is 11.3 Å². The van der Waals surface area contributed by atoms with Gasteiger partial charge >= 0.3 is 0 Å². The zero-order valence-electron chi connectivity index (χ0n) is 13.7. The minimum Gasteiger partial charge on any atom is -0.381 e. The van der Waals surface area contributed by atoms with Gasteiger partial charge in [-0.15, -0.1) is 11.3 Å². The van der Waals surface area contributed by atoms with Gasteiger partial charge < -0.3 is 15.0 Å². The highest BCUT2D eigenvalue weighted by Crippen LogP contribution is 2.31. The third-order valence-electron chi connectivity index (χ3n) is 4.22. The highest BCUT2D eigenvalue weighted by atomic mass is 32.1. The molecule has 1 N–H and O–H groups in total. The predicted octanol–water partition coefficient (Wildman–Crippen LogP) is 3.22. The largest absolute Gasteiger partial charge is 0.381 e. The Morgan fingerprint density at radius 1 is 1.38 bits per heavy atom. The van der Waals surface area contributed by atoms with Crippen LogP contribution in [0.2, 0.25) is 0 Å². The number of rotatable bonds is 8. The van der Waals surface area contributed by atoms with E-state index in [1.54, 1.807) is 0 Å². The van der Waals surface area contributed by atoms with Crippen LogP contribution in [0.1, 0.15) is 31.6 Å². The second-order valence-corrected chi connectivity index (χ2v) is 7.92. The van der Waals surface area contributed by atoms with Gasteiger partial charge in [0.15, 0.2) is 0 Å². The van der Waals surface area contributed by atoms with Gasteiger partial charge in [-0.1, -0.05) is 19.9 Å². The molecule has 0 atom stereocenters. The van der Waals surface area contributed by atoms with E-state index in [1.165, 1.54) is 17.7 Å². The van der Waals surface area contributed by atoms with Crippen LogP contribution < -0.4 is 5.32 Å². The quantitative estimate of drug-likeness (QED) is 0.798. The van der Waals surface area contributed by atoms with E-state index in [0.717, 1.165) is 39.4 Å². The lowest BCUT2D eigenvalue weighted by atomic mass is 9.79. The third kappa shape index (κ3) is 5.70. The summed E-state index contributed by atoms with van der Waals surface area (Å²) < 4.78 is 5.60. The van der Waals surface area contributed by atoms with E-state index < -0.39 is 0 Å². The molecule has 1 aliphatic rings. The zero-order valence-corrected chi connectivity index (χ0v) is 14.5. The summed E-state index contributed by atoms with van der Waals surface area (Å²) in [6.07, 6.45) is 2.35. The van der Waals surface area contributed by atoms with Crippen LogP contribution in [0.3, 0.4) is 0 Å². The maximum Gasteiger partial charge on any atom is 0.0472 e. The van der Waals surface area contributed by atoms with Gasteiger partial charge in [-0.25, -0.2) is 0 Å². The number of ether oxygens (including phenoxy) is 1. The standard InChI is InChI=1S/C17H30N2OS/c1-15(2)11-18-13-17(6-8-20-9-7-17)14-19(3)12-16-5-4-10-21-16/h4-5,10,15,18H,6-9,11-14H2,1-3H3. The van der Waals surface area contributed by atoms with Crippen LogP contribution in [0.15, 0.2) is 17.5 Å². The van der Waals surface area contributed by atoms with E-state index in [4.69, 9.17) is 4.74 Å². The van der Waals surface area contributed by atoms with Gasteiger partial charge in [-0.3, -0.25) is 0 Å². The van der Waals surface area contributed by atoms with Crippen LogP contribution >= 0.6 is 11.3 Å². The Morgan fingerprint density at radius 3 is 2.76 bits per heavy atom. The van der Waals surface area contributed by atoms with E-state index >= 15 is 0 Å². The summed E-state index contributed by atoms with van der Waals surface area (Å²) in [4.78, 5) is 3.93. The molecule has 0 aromatic carbocycles. The van der Waals surface area contributed by atoms with Crippen LogP contribution in [0.5, 0.6) is 0 Å². The molecule has 3 nitrogen and oxygen atoms in total. The van der Waals surface area contributed by atoms with Gasteiger partial charge in [-0.05, 0) is 49.2 Å². The summed E-state index contributed by atoms with van der Waals surface area (Å²) in [5, 5.41) is 5.84. The van der Waals surface area contributed by atoms with Gasteiger partial charge in [0.05, 0.1) is 0 Å². The van der Waals surface area contributed by atoms with Crippen molar-refractivity contribution in [3.05, 3.63) is 22.4 Å². The molecule has 1 aliphatic heterocycles. The Morgan fingerprint density at radius 2 is 2.14 bits per heavy atom. The minimum atomic E-state index is 0.374. The molecule has 21 heavy (non-hydrogen) atoms. The first-order valence-corrected chi connectivity index (χ1v) is 8.97. The fourth-order valence-corrected chi connectivity index (χ4v) is 3.90. The number of hydrogen-bond acceptors (Lipinski definition) is 4. The normalized spacial score (nSPS) is 18.5. The minimum absolute atomic E-state index is 0.374. The summed E-state index contributed by atoms with van der Waals surface area (Å²) in [6, 6.07) is 4.37. The average molecular weight is 311 g/mol. The van der Waals surface area contributed by atoms with Crippen LogP contribution in [0.4, 0.5) is 0 Å². The van der Waals surface area contributed by atoms with Crippen LogP contribution in [-0.4, -0.2) is 44.8 Å². The Balaban J connectivity index is 1.88. The number of hydrogen-bond donors (Lipinski definition) is 1. The van der Waals surface area contributed by atoms with E-state index in [2.05, 4.69) is 48.6 Å². The monoisotopic (exact) mass is 310 g/mol. The summed E-state index contributed by atoms with van der Waals surface area (Å²) in [6.45, 7) is 10.8. The molecular weight excluding hydrogens is 280 g/mol. The fourth-order valence-electron chi connectivity index (χ4n) is 3.12. The Labute approximate surface area is 133 Å². The Hall–Kier alpha value is -0.420. The highest BCUT2D eigenvalue weighted by molar-refractivity contribution is 7.09. The second-order valence-electron chi connectivity index (χ2n) is 6.89. The van der Waals surface area contributed by atoms with E-state index in [9.17, 15) is 0 Å². The SMILES string of the molecule is CC(C)CNCC1(CN(C)Cc2cccs2)CCOCC1. The molecule has 0 unspecified atom stereocenters. The molecule has 0 bridgehead atoms. The molecule has 0 saturated carbocycles. The van der Waals surface area contributed by atoms with Crippen molar-refractivity contribution in [1.29, 1.82) is 0 Å². The van der Waals surface area contributed by atoms with Crippen molar-refractivity contribution in [2.75, 3.05) is 39.9 Å². The first-order valence-electron chi connectivity index (χ1n) is 8.09. The second kappa shape index (κ2) is 8.28. The van der Waals surface area contributed by atoms with Gasteiger partial charge in [-0.2, -0.15) is 0 Å². The highest BCUT2D eigenvalue weighted by Gasteiger charge is 2.33. The van der Waals surface area contributed by atoms with Gasteiger partial charge in [0.25, 0.3) is 0 Å². The molecule has 2 heterocycles. The number of nitrogens with one attached hydrogen (secondary N) is 1. The van der Waals surface area contributed by atoms with Crippen molar-refractivity contribution in [3.8, 4) is 0 Å². The smallest absolute Gasteiger partial charge is 0.0472 e. The lowest BCUT2D eigenvalue weighted by Crippen LogP contribution is -2.46. The molecule has 0 spiro atoms. The zero-order chi connectivity index (χ0) is 15.1. The lowest BCUT2D eigenvalue weighted by molar-refractivity contribution is -0.00173. The van der Waals surface area contributed by atoms with Crippen molar-refractivity contribution < 1.29 is 4.74 Å². The maximum absolute atomic E-state index is 5.60. The Bertz CT molecular complexity index is 386. The van der Waals surface area contributed by atoms with Crippen molar-refractivity contribution >= 4 is 11.3 Å². The molecule has 0 amide bonds. The molecule has 2 rings (SSSR count). The van der Waals surface area contributed by atoms with Crippen LogP contribution in [-0.2, 0) is 11.3 Å². The van der Waals surface area contributed by atoms with Gasteiger partial charge in [0.1, 0.15) is 0 Å². The van der Waals surface area contributed by atoms with Gasteiger partial charge in [0.2, 0.25) is 0 Å². The van der Waals surface area contributed by atoms with Crippen LogP contribution in [0.25, 0.3) is 0 Å². The summed E-state index contributed by atoms with van der Waals surface area (Å²) in [5.74, 6) is 0.714. The predicted molar refractivity (Wildman–Crippen MR) is 90.8 cm³/mol. The molecule has 0 radical (unpaired) electrons. The Kier molecular flexibility index (Phi) is 6.68. The topological polar surface area (TPSA) is 24.5 Å². The summed E-state index contributed by atoms with van der Waals surface area (Å²) >= 11 is 1.85. The molecule has 1 aromatic heterocycles. The fraction of sp³-hybridized carbons (Fsp3) is 0.765. The van der Waals surface area contributed by atoms with Crippen molar-refractivity contribution in [1.82, 2.24) is 10.2 Å². The molecule has 1 aromatic rings. The molecule has 120 valence electrons. The van der Waals surface area contributed by atoms with Gasteiger partial charge in [0, 0.05) is 37.7 Å². The lowest BCUT2D eigenvalue weighted by Gasteiger charge is -2.40. The average Bonchev–Trinajstić information content (AvgIpc) is 2.91. The summed E-state index contributed by atoms with van der Waals surface area (Å²) in [7, 11) is 2.25. The van der Waals surface area contributed by atoms with Crippen molar-refractivity contribution in [2.45, 2.75) is 33.2 Å². The van der Waals surface area contributed by atoms with E-state index in [0.29, 0.717) is 11.3 Å². The van der Waals surface area contributed by atoms with E-state index in [-0.39, 0.29) is 0 Å². The van der Waals surface area contributed by atoms with Crippen molar-refractivity contribution in [3.63, 3.8) is 0 Å². The summed E-state index contributed by atoms with van der Waals surface area (Å²) in [5.41, 5.74) is 0.374. The first kappa shape index (κ1) is 16.9. The first-order chi connectivity index (χ1) is 10.1. The number of nitrogens with zero attached hydrogens (tertiary/aromatic N) is 1. The third-order valence-corrected chi connectivity index (χ3v) is 5.08. The molecule has 0 aliphatic carbocycles. The molecule has 1 saturated heterocycles. The molecular formula is C17H30N2OS.